The standard InChI is InChI=1S/C14H15Cl2NO5S/c1-14(5-6-23(20,21)8-14)17-11(18)7-22-13(19)9-3-2-4-10(15)12(9)16/h2-4H,5-8H2,1H3,(H,17,18)/t14-/m0/s1. The van der Waals surface area contributed by atoms with Crippen molar-refractivity contribution in [3.8, 4) is 0 Å². The molecule has 0 radical (unpaired) electrons. The van der Waals surface area contributed by atoms with Gasteiger partial charge in [-0.2, -0.15) is 0 Å². The minimum atomic E-state index is -3.14. The van der Waals surface area contributed by atoms with E-state index >= 15 is 0 Å². The number of halogens is 2. The molecule has 1 atom stereocenters. The highest BCUT2D eigenvalue weighted by Gasteiger charge is 2.39. The zero-order chi connectivity index (χ0) is 17.3. The van der Waals surface area contributed by atoms with Gasteiger partial charge in [0.2, 0.25) is 0 Å². The van der Waals surface area contributed by atoms with E-state index in [1.807, 2.05) is 0 Å². The first-order valence-corrected chi connectivity index (χ1v) is 9.32. The molecular weight excluding hydrogens is 365 g/mol. The SMILES string of the molecule is C[C@]1(NC(=O)COC(=O)c2cccc(Cl)c2Cl)CCS(=O)(=O)C1. The van der Waals surface area contributed by atoms with E-state index in [2.05, 4.69) is 5.32 Å². The normalized spacial score (nSPS) is 22.6. The second-order valence-corrected chi connectivity index (χ2v) is 8.60. The first-order chi connectivity index (χ1) is 10.6. The summed E-state index contributed by atoms with van der Waals surface area (Å²) >= 11 is 11.7. The van der Waals surface area contributed by atoms with Crippen LogP contribution in [0.4, 0.5) is 0 Å². The molecule has 1 N–H and O–H groups in total. The first kappa shape index (κ1) is 18.0. The lowest BCUT2D eigenvalue weighted by Crippen LogP contribution is -2.48. The van der Waals surface area contributed by atoms with Gasteiger partial charge in [-0.05, 0) is 25.5 Å². The molecule has 1 aliphatic rings. The minimum absolute atomic E-state index is 0.0295. The second-order valence-electron chi connectivity index (χ2n) is 5.63. The highest BCUT2D eigenvalue weighted by Crippen LogP contribution is 2.26. The van der Waals surface area contributed by atoms with Crippen LogP contribution in [0.5, 0.6) is 0 Å². The molecule has 1 aromatic rings. The van der Waals surface area contributed by atoms with Crippen LogP contribution in [-0.2, 0) is 19.4 Å². The van der Waals surface area contributed by atoms with Gasteiger partial charge in [-0.3, -0.25) is 4.79 Å². The smallest absolute Gasteiger partial charge is 0.340 e. The molecule has 1 aliphatic heterocycles. The van der Waals surface area contributed by atoms with Gasteiger partial charge in [-0.1, -0.05) is 29.3 Å². The topological polar surface area (TPSA) is 89.5 Å². The molecular formula is C14H15Cl2NO5S. The molecule has 9 heteroatoms. The summed E-state index contributed by atoms with van der Waals surface area (Å²) in [6.45, 7) is 1.11. The maximum absolute atomic E-state index is 11.9. The summed E-state index contributed by atoms with van der Waals surface area (Å²) in [5, 5.41) is 2.84. The zero-order valence-electron chi connectivity index (χ0n) is 12.3. The summed E-state index contributed by atoms with van der Waals surface area (Å²) in [5.74, 6) is -1.45. The van der Waals surface area contributed by atoms with E-state index in [4.69, 9.17) is 27.9 Å². The van der Waals surface area contributed by atoms with Crippen LogP contribution >= 0.6 is 23.2 Å². The van der Waals surface area contributed by atoms with Gasteiger partial charge >= 0.3 is 5.97 Å². The molecule has 1 saturated heterocycles. The Balaban J connectivity index is 1.92. The third-order valence-electron chi connectivity index (χ3n) is 3.45. The lowest BCUT2D eigenvalue weighted by atomic mass is 10.0. The summed E-state index contributed by atoms with van der Waals surface area (Å²) in [7, 11) is -3.14. The molecule has 0 aliphatic carbocycles. The largest absolute Gasteiger partial charge is 0.452 e. The molecule has 0 aromatic heterocycles. The monoisotopic (exact) mass is 379 g/mol. The maximum atomic E-state index is 11.9. The lowest BCUT2D eigenvalue weighted by Gasteiger charge is -2.23. The second kappa shape index (κ2) is 6.67. The molecule has 1 fully saturated rings. The Morgan fingerprint density at radius 1 is 1.35 bits per heavy atom. The number of amides is 1. The van der Waals surface area contributed by atoms with E-state index < -0.39 is 33.9 Å². The fourth-order valence-corrected chi connectivity index (χ4v) is 4.82. The van der Waals surface area contributed by atoms with Crippen molar-refractivity contribution in [3.05, 3.63) is 33.8 Å². The van der Waals surface area contributed by atoms with Crippen LogP contribution in [0.25, 0.3) is 0 Å². The van der Waals surface area contributed by atoms with Crippen molar-refractivity contribution in [2.24, 2.45) is 0 Å². The quantitative estimate of drug-likeness (QED) is 0.806. The number of nitrogens with one attached hydrogen (secondary N) is 1. The van der Waals surface area contributed by atoms with Crippen LogP contribution in [0.3, 0.4) is 0 Å². The van der Waals surface area contributed by atoms with Gasteiger partial charge in [0.15, 0.2) is 16.4 Å². The Morgan fingerprint density at radius 2 is 2.04 bits per heavy atom. The molecule has 0 saturated carbocycles. The molecule has 126 valence electrons. The highest BCUT2D eigenvalue weighted by molar-refractivity contribution is 7.91. The zero-order valence-corrected chi connectivity index (χ0v) is 14.6. The third kappa shape index (κ3) is 4.59. The van der Waals surface area contributed by atoms with Gasteiger partial charge in [-0.25, -0.2) is 13.2 Å². The predicted octanol–water partition coefficient (Wildman–Crippen LogP) is 1.84. The van der Waals surface area contributed by atoms with E-state index in [0.29, 0.717) is 6.42 Å². The summed E-state index contributed by atoms with van der Waals surface area (Å²) < 4.78 is 27.9. The van der Waals surface area contributed by atoms with Crippen molar-refractivity contribution in [2.45, 2.75) is 18.9 Å². The molecule has 1 aromatic carbocycles. The summed E-state index contributed by atoms with van der Waals surface area (Å²) in [6.07, 6.45) is 0.329. The van der Waals surface area contributed by atoms with E-state index in [1.54, 1.807) is 6.92 Å². The summed E-state index contributed by atoms with van der Waals surface area (Å²) in [5.41, 5.74) is -0.780. The average Bonchev–Trinajstić information content (AvgIpc) is 2.72. The number of esters is 1. The predicted molar refractivity (Wildman–Crippen MR) is 86.6 cm³/mol. The van der Waals surface area contributed by atoms with Gasteiger partial charge in [-0.15, -0.1) is 0 Å². The van der Waals surface area contributed by atoms with E-state index in [0.717, 1.165) is 0 Å². The molecule has 1 amide bonds. The Morgan fingerprint density at radius 3 is 2.65 bits per heavy atom. The van der Waals surface area contributed by atoms with Gasteiger partial charge in [0.05, 0.1) is 32.7 Å². The third-order valence-corrected chi connectivity index (χ3v) is 6.17. The van der Waals surface area contributed by atoms with Crippen molar-refractivity contribution < 1.29 is 22.7 Å². The Hall–Kier alpha value is -1.31. The molecule has 0 unspecified atom stereocenters. The van der Waals surface area contributed by atoms with Gasteiger partial charge < -0.3 is 10.1 Å². The van der Waals surface area contributed by atoms with Gasteiger partial charge in [0.25, 0.3) is 5.91 Å². The molecule has 1 heterocycles. The number of carbonyl (C=O) groups is 2. The summed E-state index contributed by atoms with van der Waals surface area (Å²) in [6, 6.07) is 4.49. The van der Waals surface area contributed by atoms with Crippen LogP contribution in [0.15, 0.2) is 18.2 Å². The van der Waals surface area contributed by atoms with E-state index in [9.17, 15) is 18.0 Å². The minimum Gasteiger partial charge on any atom is -0.452 e. The number of hydrogen-bond donors (Lipinski definition) is 1. The molecule has 0 spiro atoms. The van der Waals surface area contributed by atoms with Crippen LogP contribution in [0.2, 0.25) is 10.0 Å². The summed E-state index contributed by atoms with van der Waals surface area (Å²) in [4.78, 5) is 23.8. The lowest BCUT2D eigenvalue weighted by molar-refractivity contribution is -0.125. The molecule has 6 nitrogen and oxygen atoms in total. The number of rotatable bonds is 4. The number of carbonyl (C=O) groups excluding carboxylic acids is 2. The van der Waals surface area contributed by atoms with Crippen molar-refractivity contribution in [3.63, 3.8) is 0 Å². The fourth-order valence-electron chi connectivity index (χ4n) is 2.35. The molecule has 0 bridgehead atoms. The Bertz CT molecular complexity index is 750. The maximum Gasteiger partial charge on any atom is 0.340 e. The fraction of sp³-hybridized carbons (Fsp3) is 0.429. The Kier molecular flexibility index (Phi) is 5.23. The van der Waals surface area contributed by atoms with Gasteiger partial charge in [0.1, 0.15) is 0 Å². The highest BCUT2D eigenvalue weighted by atomic mass is 35.5. The average molecular weight is 380 g/mol. The number of benzene rings is 1. The van der Waals surface area contributed by atoms with Crippen LogP contribution < -0.4 is 5.32 Å². The molecule has 23 heavy (non-hydrogen) atoms. The van der Waals surface area contributed by atoms with Crippen molar-refractivity contribution in [1.29, 1.82) is 0 Å². The van der Waals surface area contributed by atoms with Crippen molar-refractivity contribution >= 4 is 44.9 Å². The number of hydrogen-bond acceptors (Lipinski definition) is 5. The number of ether oxygens (including phenoxy) is 1. The van der Waals surface area contributed by atoms with E-state index in [-0.39, 0.29) is 27.1 Å². The van der Waals surface area contributed by atoms with Gasteiger partial charge in [0, 0.05) is 0 Å². The first-order valence-electron chi connectivity index (χ1n) is 6.74. The molecule has 2 rings (SSSR count). The van der Waals surface area contributed by atoms with Crippen molar-refractivity contribution in [2.75, 3.05) is 18.1 Å². The van der Waals surface area contributed by atoms with Crippen LogP contribution in [-0.4, -0.2) is 43.9 Å². The Labute approximate surface area is 144 Å². The number of sulfone groups is 1. The van der Waals surface area contributed by atoms with E-state index in [1.165, 1.54) is 18.2 Å². The van der Waals surface area contributed by atoms with Crippen LogP contribution in [0.1, 0.15) is 23.7 Å². The van der Waals surface area contributed by atoms with Crippen molar-refractivity contribution in [1.82, 2.24) is 5.32 Å². The van der Waals surface area contributed by atoms with Crippen LogP contribution in [0, 0.1) is 0 Å².